The minimum Gasteiger partial charge on any atom is -0.310 e. The van der Waals surface area contributed by atoms with Gasteiger partial charge in [0.25, 0.3) is 0 Å². The molecule has 0 aliphatic heterocycles. The van der Waals surface area contributed by atoms with Gasteiger partial charge in [-0.15, -0.1) is 0 Å². The predicted octanol–water partition coefficient (Wildman–Crippen LogP) is 3.08. The monoisotopic (exact) mass is 347 g/mol. The van der Waals surface area contributed by atoms with Gasteiger partial charge in [-0.1, -0.05) is 32.9 Å². The van der Waals surface area contributed by atoms with E-state index in [0.29, 0.717) is 5.82 Å². The molecule has 5 nitrogen and oxygen atoms in total. The number of benzene rings is 1. The Labute approximate surface area is 145 Å². The van der Waals surface area contributed by atoms with E-state index >= 15 is 0 Å². The zero-order valence-corrected chi connectivity index (χ0v) is 16.0. The van der Waals surface area contributed by atoms with Crippen LogP contribution in [0.2, 0.25) is 0 Å². The molecule has 130 valence electrons. The second-order valence-electron chi connectivity index (χ2n) is 7.06. The minimum atomic E-state index is -1.39. The lowest BCUT2D eigenvalue weighted by molar-refractivity contribution is -0.113. The fourth-order valence-electron chi connectivity index (χ4n) is 2.42. The third-order valence-electron chi connectivity index (χ3n) is 3.83. The molecular formula is C18H25N3O2S. The Hall–Kier alpha value is -1.95. The van der Waals surface area contributed by atoms with Gasteiger partial charge in [0, 0.05) is 18.0 Å². The zero-order valence-electron chi connectivity index (χ0n) is 15.1. The molecule has 0 fully saturated rings. The predicted molar refractivity (Wildman–Crippen MR) is 97.7 cm³/mol. The Morgan fingerprint density at radius 2 is 1.92 bits per heavy atom. The smallest absolute Gasteiger partial charge is 0.238 e. The Morgan fingerprint density at radius 1 is 1.25 bits per heavy atom. The van der Waals surface area contributed by atoms with Crippen molar-refractivity contribution in [2.45, 2.75) is 44.9 Å². The summed E-state index contributed by atoms with van der Waals surface area (Å²) >= 11 is 0. The van der Waals surface area contributed by atoms with Crippen LogP contribution in [0.5, 0.6) is 0 Å². The van der Waals surface area contributed by atoms with Gasteiger partial charge in [-0.05, 0) is 36.5 Å². The Morgan fingerprint density at radius 3 is 2.46 bits per heavy atom. The Bertz CT molecular complexity index is 788. The number of anilines is 1. The summed E-state index contributed by atoms with van der Waals surface area (Å²) in [7, 11) is 0.375. The summed E-state index contributed by atoms with van der Waals surface area (Å²) in [5.74, 6) is 0.255. The number of aromatic nitrogens is 2. The van der Waals surface area contributed by atoms with Crippen LogP contribution in [-0.4, -0.2) is 25.6 Å². The van der Waals surface area contributed by atoms with Crippen LogP contribution in [0, 0.1) is 13.8 Å². The first-order valence-electron chi connectivity index (χ1n) is 7.88. The molecule has 0 aliphatic rings. The number of rotatable bonds is 4. The lowest BCUT2D eigenvalue weighted by Gasteiger charge is -2.20. The van der Waals surface area contributed by atoms with Crippen molar-refractivity contribution in [1.82, 2.24) is 9.78 Å². The molecule has 1 N–H and O–H groups in total. The van der Waals surface area contributed by atoms with Gasteiger partial charge in [-0.2, -0.15) is 5.10 Å². The number of carbonyl (C=O) groups excluding carboxylic acids is 1. The quantitative estimate of drug-likeness (QED) is 0.924. The number of nitrogens with zero attached hydrogens (tertiary/aromatic N) is 2. The Balaban J connectivity index is 2.14. The fourth-order valence-corrected chi connectivity index (χ4v) is 3.57. The van der Waals surface area contributed by atoms with E-state index in [4.69, 9.17) is 0 Å². The SMILES string of the molecule is Cc1cc(NC(=O)CS(=O)c2cc(C(C)(C)C)ccc2C)n(C)n1. The number of amides is 1. The molecule has 0 saturated heterocycles. The van der Waals surface area contributed by atoms with Gasteiger partial charge in [-0.3, -0.25) is 13.7 Å². The molecule has 24 heavy (non-hydrogen) atoms. The van der Waals surface area contributed by atoms with E-state index in [1.54, 1.807) is 17.8 Å². The number of nitrogens with one attached hydrogen (secondary N) is 1. The van der Waals surface area contributed by atoms with Crippen molar-refractivity contribution in [3.05, 3.63) is 41.1 Å². The summed E-state index contributed by atoms with van der Waals surface area (Å²) in [6.45, 7) is 10.1. The summed E-state index contributed by atoms with van der Waals surface area (Å²) in [6.07, 6.45) is 0. The summed E-state index contributed by atoms with van der Waals surface area (Å²) in [4.78, 5) is 12.9. The number of aryl methyl sites for hydroxylation is 3. The van der Waals surface area contributed by atoms with E-state index < -0.39 is 10.8 Å². The maximum atomic E-state index is 12.7. The molecule has 1 atom stereocenters. The van der Waals surface area contributed by atoms with Crippen LogP contribution < -0.4 is 5.32 Å². The first-order valence-corrected chi connectivity index (χ1v) is 9.20. The molecule has 2 aromatic rings. The van der Waals surface area contributed by atoms with Gasteiger partial charge in [0.15, 0.2) is 0 Å². The van der Waals surface area contributed by atoms with Crippen LogP contribution >= 0.6 is 0 Å². The highest BCUT2D eigenvalue weighted by Gasteiger charge is 2.19. The molecular weight excluding hydrogens is 322 g/mol. The molecule has 0 bridgehead atoms. The topological polar surface area (TPSA) is 64.0 Å². The maximum Gasteiger partial charge on any atom is 0.238 e. The van der Waals surface area contributed by atoms with Gasteiger partial charge in [-0.25, -0.2) is 0 Å². The highest BCUT2D eigenvalue weighted by Crippen LogP contribution is 2.26. The average Bonchev–Trinajstić information content (AvgIpc) is 2.75. The van der Waals surface area contributed by atoms with E-state index in [9.17, 15) is 9.00 Å². The van der Waals surface area contributed by atoms with Crippen LogP contribution in [-0.2, 0) is 28.1 Å². The average molecular weight is 347 g/mol. The molecule has 2 rings (SSSR count). The van der Waals surface area contributed by atoms with E-state index in [0.717, 1.165) is 21.7 Å². The van der Waals surface area contributed by atoms with Crippen molar-refractivity contribution in [2.24, 2.45) is 7.05 Å². The molecule has 1 heterocycles. The van der Waals surface area contributed by atoms with Crippen LogP contribution in [0.15, 0.2) is 29.2 Å². The van der Waals surface area contributed by atoms with Crippen molar-refractivity contribution >= 4 is 22.5 Å². The molecule has 6 heteroatoms. The molecule has 1 unspecified atom stereocenters. The van der Waals surface area contributed by atoms with Crippen LogP contribution in [0.1, 0.15) is 37.6 Å². The minimum absolute atomic E-state index is 0.0266. The molecule has 0 radical (unpaired) electrons. The first-order chi connectivity index (χ1) is 11.1. The van der Waals surface area contributed by atoms with Crippen molar-refractivity contribution < 1.29 is 9.00 Å². The highest BCUT2D eigenvalue weighted by atomic mass is 32.2. The van der Waals surface area contributed by atoms with Gasteiger partial charge < -0.3 is 5.32 Å². The zero-order chi connectivity index (χ0) is 18.1. The normalized spacial score (nSPS) is 12.9. The standard InChI is InChI=1S/C18H25N3O2S/c1-12-7-8-14(18(3,4)5)10-15(12)24(23)11-17(22)19-16-9-13(2)20-21(16)6/h7-10H,11H2,1-6H3,(H,19,22). The van der Waals surface area contributed by atoms with E-state index in [-0.39, 0.29) is 17.1 Å². The van der Waals surface area contributed by atoms with Gasteiger partial charge >= 0.3 is 0 Å². The van der Waals surface area contributed by atoms with E-state index in [1.807, 2.05) is 26.0 Å². The summed E-state index contributed by atoms with van der Waals surface area (Å²) < 4.78 is 14.3. The van der Waals surface area contributed by atoms with Crippen molar-refractivity contribution in [2.75, 3.05) is 11.1 Å². The first kappa shape index (κ1) is 18.4. The lowest BCUT2D eigenvalue weighted by atomic mass is 9.87. The van der Waals surface area contributed by atoms with Crippen molar-refractivity contribution in [3.63, 3.8) is 0 Å². The molecule has 1 amide bonds. The summed E-state index contributed by atoms with van der Waals surface area (Å²) in [5.41, 5.74) is 2.84. The highest BCUT2D eigenvalue weighted by molar-refractivity contribution is 7.85. The maximum absolute atomic E-state index is 12.7. The molecule has 0 aliphatic carbocycles. The fraction of sp³-hybridized carbons (Fsp3) is 0.444. The molecule has 0 saturated carbocycles. The largest absolute Gasteiger partial charge is 0.310 e. The van der Waals surface area contributed by atoms with Gasteiger partial charge in [0.2, 0.25) is 5.91 Å². The number of hydrogen-bond acceptors (Lipinski definition) is 3. The van der Waals surface area contributed by atoms with Crippen LogP contribution in [0.25, 0.3) is 0 Å². The van der Waals surface area contributed by atoms with Gasteiger partial charge in [0.05, 0.1) is 16.5 Å². The second kappa shape index (κ2) is 6.89. The van der Waals surface area contributed by atoms with Gasteiger partial charge in [0.1, 0.15) is 11.6 Å². The lowest BCUT2D eigenvalue weighted by Crippen LogP contribution is -2.21. The Kier molecular flexibility index (Phi) is 5.28. The third kappa shape index (κ3) is 4.32. The molecule has 1 aromatic carbocycles. The number of hydrogen-bond donors (Lipinski definition) is 1. The number of carbonyl (C=O) groups is 1. The van der Waals surface area contributed by atoms with Crippen molar-refractivity contribution in [3.8, 4) is 0 Å². The van der Waals surface area contributed by atoms with Crippen LogP contribution in [0.3, 0.4) is 0 Å². The van der Waals surface area contributed by atoms with Crippen LogP contribution in [0.4, 0.5) is 5.82 Å². The van der Waals surface area contributed by atoms with E-state index in [1.165, 1.54) is 0 Å². The summed E-state index contributed by atoms with van der Waals surface area (Å²) in [5, 5.41) is 6.94. The molecule has 0 spiro atoms. The summed E-state index contributed by atoms with van der Waals surface area (Å²) in [6, 6.07) is 7.75. The van der Waals surface area contributed by atoms with E-state index in [2.05, 4.69) is 37.3 Å². The van der Waals surface area contributed by atoms with Crippen molar-refractivity contribution in [1.29, 1.82) is 0 Å². The second-order valence-corrected chi connectivity index (χ2v) is 8.48. The molecule has 1 aromatic heterocycles. The third-order valence-corrected chi connectivity index (χ3v) is 5.29.